The second-order valence-corrected chi connectivity index (χ2v) is 16.7. The van der Waals surface area contributed by atoms with Crippen LogP contribution in [0.1, 0.15) is 43.9 Å². The van der Waals surface area contributed by atoms with Crippen molar-refractivity contribution in [3.63, 3.8) is 0 Å². The molecule has 0 spiro atoms. The maximum atomic E-state index is 11.7. The minimum absolute atomic E-state index is 0.230. The lowest BCUT2D eigenvalue weighted by Gasteiger charge is -2.44. The minimum Gasteiger partial charge on any atom is -0.495 e. The van der Waals surface area contributed by atoms with Gasteiger partial charge in [-0.2, -0.15) is 0 Å². The van der Waals surface area contributed by atoms with Crippen molar-refractivity contribution in [3.05, 3.63) is 108 Å². The van der Waals surface area contributed by atoms with Crippen LogP contribution in [-0.2, 0) is 10.8 Å². The number of rotatable bonds is 10. The zero-order valence-electron chi connectivity index (χ0n) is 28.0. The molecule has 5 rings (SSSR count). The van der Waals surface area contributed by atoms with Gasteiger partial charge in [-0.3, -0.25) is 5.32 Å². The Hall–Kier alpha value is -4.73. The van der Waals surface area contributed by atoms with Crippen LogP contribution >= 0.6 is 0 Å². The van der Waals surface area contributed by atoms with Gasteiger partial charge in [0, 0.05) is 5.56 Å². The van der Waals surface area contributed by atoms with E-state index >= 15 is 0 Å². The van der Waals surface area contributed by atoms with Crippen molar-refractivity contribution >= 4 is 36.0 Å². The fourth-order valence-electron chi connectivity index (χ4n) is 6.70. The lowest BCUT2D eigenvalue weighted by Crippen LogP contribution is -2.67. The number of benzene rings is 4. The third-order valence-corrected chi connectivity index (χ3v) is 13.8. The molecule has 0 aliphatic heterocycles. The molecule has 1 unspecified atom stereocenters. The summed E-state index contributed by atoms with van der Waals surface area (Å²) in [5.41, 5.74) is 3.81. The van der Waals surface area contributed by atoms with Crippen molar-refractivity contribution in [2.24, 2.45) is 0 Å². The molecule has 0 heterocycles. The molecule has 0 bridgehead atoms. The number of amides is 1. The topological polar surface area (TPSA) is 95.5 Å². The van der Waals surface area contributed by atoms with Gasteiger partial charge >= 0.3 is 6.09 Å². The predicted molar refractivity (Wildman–Crippen MR) is 189 cm³/mol. The lowest BCUT2D eigenvalue weighted by atomic mass is 9.92. The monoisotopic (exact) mass is 653 g/mol. The summed E-state index contributed by atoms with van der Waals surface area (Å²) < 4.78 is 30.7. The molecule has 9 heteroatoms. The highest BCUT2D eigenvalue weighted by Crippen LogP contribution is 2.48. The molecule has 47 heavy (non-hydrogen) atoms. The standard InChI is InChI=1S/C38H43NO7Si/c1-38(2,3)47(27-14-10-8-11-15-27,28-16-12-9-13-17-28)46-26-19-20-29-31(24-34(43-5)36(45-7)35(29)44-6)30(23-26)25-18-21-33(42-4)32(22-25)39-37(40)41/h8-18,21-24,26,39H,19-20H2,1-7H3,(H,40,41). The summed E-state index contributed by atoms with van der Waals surface area (Å²) >= 11 is 0. The van der Waals surface area contributed by atoms with Crippen LogP contribution in [0.2, 0.25) is 5.04 Å². The number of carbonyl (C=O) groups is 1. The van der Waals surface area contributed by atoms with Gasteiger partial charge in [0.1, 0.15) is 5.75 Å². The molecule has 0 fully saturated rings. The van der Waals surface area contributed by atoms with Gasteiger partial charge in [-0.05, 0) is 69.2 Å². The normalized spacial score (nSPS) is 14.7. The van der Waals surface area contributed by atoms with Gasteiger partial charge in [0.05, 0.1) is 40.2 Å². The molecule has 0 saturated heterocycles. The first-order valence-corrected chi connectivity index (χ1v) is 17.5. The number of ether oxygens (including phenoxy) is 4. The van der Waals surface area contributed by atoms with Gasteiger partial charge in [0.25, 0.3) is 8.32 Å². The predicted octanol–water partition coefficient (Wildman–Crippen LogP) is 7.13. The Morgan fingerprint density at radius 2 is 1.38 bits per heavy atom. The van der Waals surface area contributed by atoms with Crippen LogP contribution in [0.3, 0.4) is 0 Å². The van der Waals surface area contributed by atoms with Crippen molar-refractivity contribution < 1.29 is 33.3 Å². The molecule has 0 aromatic heterocycles. The molecule has 246 valence electrons. The van der Waals surface area contributed by atoms with E-state index in [4.69, 9.17) is 23.4 Å². The van der Waals surface area contributed by atoms with E-state index < -0.39 is 14.4 Å². The van der Waals surface area contributed by atoms with Crippen LogP contribution in [0.5, 0.6) is 23.0 Å². The Morgan fingerprint density at radius 1 is 0.787 bits per heavy atom. The molecule has 1 aliphatic carbocycles. The summed E-state index contributed by atoms with van der Waals surface area (Å²) in [6.45, 7) is 6.80. The highest BCUT2D eigenvalue weighted by atomic mass is 28.4. The molecule has 8 nitrogen and oxygen atoms in total. The highest BCUT2D eigenvalue weighted by Gasteiger charge is 2.51. The third-order valence-electron chi connectivity index (χ3n) is 8.75. The number of nitrogens with one attached hydrogen (secondary N) is 1. The maximum absolute atomic E-state index is 11.7. The van der Waals surface area contributed by atoms with Gasteiger partial charge < -0.3 is 28.5 Å². The van der Waals surface area contributed by atoms with Gasteiger partial charge in [-0.25, -0.2) is 4.79 Å². The average molecular weight is 654 g/mol. The van der Waals surface area contributed by atoms with Crippen LogP contribution in [0.4, 0.5) is 10.5 Å². The molecular weight excluding hydrogens is 611 g/mol. The van der Waals surface area contributed by atoms with Gasteiger partial charge in [-0.15, -0.1) is 0 Å². The van der Waals surface area contributed by atoms with E-state index in [0.717, 1.165) is 22.3 Å². The van der Waals surface area contributed by atoms with Gasteiger partial charge in [0.15, 0.2) is 11.5 Å². The smallest absolute Gasteiger partial charge is 0.409 e. The van der Waals surface area contributed by atoms with Crippen LogP contribution in [0.25, 0.3) is 5.57 Å². The molecule has 1 amide bonds. The number of anilines is 1. The van der Waals surface area contributed by atoms with Gasteiger partial charge in [-0.1, -0.05) is 87.5 Å². The minimum atomic E-state index is -2.93. The van der Waals surface area contributed by atoms with E-state index in [1.165, 1.54) is 17.5 Å². The molecule has 2 N–H and O–H groups in total. The number of methoxy groups -OCH3 is 4. The van der Waals surface area contributed by atoms with Crippen LogP contribution in [0.15, 0.2) is 91.0 Å². The second kappa shape index (κ2) is 13.9. The van der Waals surface area contributed by atoms with Crippen molar-refractivity contribution in [1.29, 1.82) is 0 Å². The Balaban J connectivity index is 1.78. The SMILES string of the molecule is COc1ccc(C2=CC(O[Si](c3ccccc3)(c3ccccc3)C(C)(C)C)CCc3c2cc(OC)c(OC)c3OC)cc1NC(=O)O. The zero-order chi connectivity index (χ0) is 33.8. The van der Waals surface area contributed by atoms with Crippen molar-refractivity contribution in [2.75, 3.05) is 33.8 Å². The lowest BCUT2D eigenvalue weighted by molar-refractivity contribution is 0.209. The Morgan fingerprint density at radius 3 is 1.89 bits per heavy atom. The Bertz CT molecular complexity index is 1710. The first kappa shape index (κ1) is 33.6. The average Bonchev–Trinajstić information content (AvgIpc) is 3.25. The van der Waals surface area contributed by atoms with E-state index in [-0.39, 0.29) is 11.1 Å². The van der Waals surface area contributed by atoms with E-state index in [2.05, 4.69) is 80.7 Å². The van der Waals surface area contributed by atoms with E-state index in [1.807, 2.05) is 24.3 Å². The van der Waals surface area contributed by atoms with Crippen LogP contribution in [-0.4, -0.2) is 54.1 Å². The van der Waals surface area contributed by atoms with Crippen LogP contribution in [0, 0.1) is 0 Å². The summed E-state index contributed by atoms with van der Waals surface area (Å²) in [6, 6.07) is 28.6. The zero-order valence-corrected chi connectivity index (χ0v) is 29.0. The summed E-state index contributed by atoms with van der Waals surface area (Å²) in [7, 11) is 3.41. The van der Waals surface area contributed by atoms with E-state index in [1.54, 1.807) is 33.5 Å². The molecule has 0 saturated carbocycles. The summed E-state index contributed by atoms with van der Waals surface area (Å²) in [5.74, 6) is 2.05. The fourth-order valence-corrected chi connectivity index (χ4v) is 11.4. The molecule has 1 atom stereocenters. The van der Waals surface area contributed by atoms with E-state index in [9.17, 15) is 9.90 Å². The third kappa shape index (κ3) is 6.46. The highest BCUT2D eigenvalue weighted by molar-refractivity contribution is 6.99. The van der Waals surface area contributed by atoms with E-state index in [0.29, 0.717) is 41.5 Å². The summed E-state index contributed by atoms with van der Waals surface area (Å²) in [5, 5.41) is 14.2. The first-order chi connectivity index (χ1) is 22.6. The first-order valence-electron chi connectivity index (χ1n) is 15.6. The number of hydrogen-bond donors (Lipinski definition) is 2. The Kier molecular flexibility index (Phi) is 9.98. The Labute approximate surface area is 278 Å². The molecular formula is C38H43NO7Si. The molecule has 1 aliphatic rings. The largest absolute Gasteiger partial charge is 0.495 e. The number of carboxylic acid groups (broad SMARTS) is 1. The van der Waals surface area contributed by atoms with Crippen molar-refractivity contribution in [1.82, 2.24) is 0 Å². The molecule has 4 aromatic rings. The van der Waals surface area contributed by atoms with Crippen molar-refractivity contribution in [3.8, 4) is 23.0 Å². The summed E-state index contributed by atoms with van der Waals surface area (Å²) in [6.07, 6.45) is 1.98. The number of fused-ring (bicyclic) bond motifs is 1. The quantitative estimate of drug-likeness (QED) is 0.176. The summed E-state index contributed by atoms with van der Waals surface area (Å²) in [4.78, 5) is 11.7. The second-order valence-electron chi connectivity index (χ2n) is 12.5. The van der Waals surface area contributed by atoms with Crippen molar-refractivity contribution in [2.45, 2.75) is 44.8 Å². The molecule has 4 aromatic carbocycles. The fraction of sp³-hybridized carbons (Fsp3) is 0.289. The van der Waals surface area contributed by atoms with Gasteiger partial charge in [0.2, 0.25) is 5.75 Å². The molecule has 0 radical (unpaired) electrons. The maximum Gasteiger partial charge on any atom is 0.409 e. The van der Waals surface area contributed by atoms with Crippen LogP contribution < -0.4 is 34.6 Å². The number of hydrogen-bond acceptors (Lipinski definition) is 6.